The highest BCUT2D eigenvalue weighted by Crippen LogP contribution is 2.43. The minimum atomic E-state index is -1.15. The number of aliphatic hydroxyl groups excluding tert-OH is 3. The molecule has 0 aliphatic heterocycles. The van der Waals surface area contributed by atoms with Gasteiger partial charge in [0.1, 0.15) is 22.8 Å². The molecule has 34 heavy (non-hydrogen) atoms. The van der Waals surface area contributed by atoms with Crippen molar-refractivity contribution < 1.29 is 34.8 Å². The van der Waals surface area contributed by atoms with Crippen LogP contribution in [0.25, 0.3) is 5.76 Å². The molecule has 0 radical (unpaired) electrons. The summed E-state index contributed by atoms with van der Waals surface area (Å²) < 4.78 is 0. The molecule has 0 saturated carbocycles. The molecule has 0 saturated heterocycles. The first-order valence-electron chi connectivity index (χ1n) is 10.8. The van der Waals surface area contributed by atoms with E-state index in [1.54, 1.807) is 14.1 Å². The Morgan fingerprint density at radius 1 is 1.18 bits per heavy atom. The number of aromatic hydroxyl groups is 1. The van der Waals surface area contributed by atoms with Crippen LogP contribution in [0.4, 0.5) is 0 Å². The van der Waals surface area contributed by atoms with Crippen LogP contribution in [0.15, 0.2) is 29.0 Å². The maximum atomic E-state index is 13.2. The van der Waals surface area contributed by atoms with E-state index >= 15 is 0 Å². The van der Waals surface area contributed by atoms with E-state index in [1.165, 1.54) is 17.0 Å². The van der Waals surface area contributed by atoms with Gasteiger partial charge in [-0.25, -0.2) is 0 Å². The Morgan fingerprint density at radius 2 is 1.82 bits per heavy atom. The number of phenols is 1. The second-order valence-corrected chi connectivity index (χ2v) is 8.82. The molecule has 0 heterocycles. The van der Waals surface area contributed by atoms with Crippen molar-refractivity contribution in [2.75, 3.05) is 20.7 Å². The number of aliphatic hydroxyl groups is 3. The fraction of sp³-hybridized carbons (Fsp3) is 0.417. The minimum absolute atomic E-state index is 0.0108. The number of fused-ring (bicyclic) bond motifs is 2. The first-order chi connectivity index (χ1) is 16.0. The lowest BCUT2D eigenvalue weighted by Gasteiger charge is -2.35. The smallest absolute Gasteiger partial charge is 0.255 e. The van der Waals surface area contributed by atoms with Gasteiger partial charge >= 0.3 is 0 Å². The average Bonchev–Trinajstić information content (AvgIpc) is 2.77. The van der Waals surface area contributed by atoms with Crippen molar-refractivity contribution in [1.82, 2.24) is 4.90 Å². The van der Waals surface area contributed by atoms with Gasteiger partial charge in [0.05, 0.1) is 23.2 Å². The molecule has 0 spiro atoms. The van der Waals surface area contributed by atoms with Crippen molar-refractivity contribution in [2.24, 2.45) is 17.6 Å². The van der Waals surface area contributed by atoms with Gasteiger partial charge in [0.2, 0.25) is 0 Å². The fourth-order valence-corrected chi connectivity index (χ4v) is 5.05. The van der Waals surface area contributed by atoms with Crippen molar-refractivity contribution in [3.8, 4) is 11.8 Å². The number of likely N-dealkylation sites (N-methyl/N-ethyl adjacent to an activating group) is 1. The summed E-state index contributed by atoms with van der Waals surface area (Å²) in [7, 11) is 3.18. The molecule has 0 fully saturated rings. The molecule has 2 aliphatic carbocycles. The number of rotatable bonds is 3. The van der Waals surface area contributed by atoms with E-state index in [9.17, 15) is 40.1 Å². The highest BCUT2D eigenvalue weighted by Gasteiger charge is 2.40. The number of phenolic OH excluding ortho intramolecular Hbond substituents is 1. The first kappa shape index (κ1) is 25.0. The number of benzene rings is 1. The maximum absolute atomic E-state index is 13.2. The van der Waals surface area contributed by atoms with Crippen molar-refractivity contribution in [2.45, 2.75) is 31.7 Å². The lowest BCUT2D eigenvalue weighted by Crippen LogP contribution is -2.42. The summed E-state index contributed by atoms with van der Waals surface area (Å²) in [4.78, 5) is 39.5. The van der Waals surface area contributed by atoms with E-state index in [-0.39, 0.29) is 41.7 Å². The van der Waals surface area contributed by atoms with E-state index in [0.29, 0.717) is 5.56 Å². The van der Waals surface area contributed by atoms with Crippen LogP contribution in [0.5, 0.6) is 5.75 Å². The Bertz CT molecular complexity index is 1160. The number of nitriles is 1. The zero-order valence-electron chi connectivity index (χ0n) is 18.9. The molecule has 180 valence electrons. The number of ketones is 2. The molecular weight excluding hydrogens is 442 g/mol. The molecule has 6 N–H and O–H groups in total. The van der Waals surface area contributed by atoms with Crippen molar-refractivity contribution >= 4 is 23.2 Å². The molecule has 10 nitrogen and oxygen atoms in total. The van der Waals surface area contributed by atoms with Gasteiger partial charge in [-0.15, -0.1) is 0 Å². The quantitative estimate of drug-likeness (QED) is 0.400. The van der Waals surface area contributed by atoms with E-state index in [2.05, 4.69) is 0 Å². The van der Waals surface area contributed by atoms with Crippen LogP contribution >= 0.6 is 0 Å². The Morgan fingerprint density at radius 3 is 2.38 bits per heavy atom. The molecule has 3 atom stereocenters. The molecule has 1 amide bonds. The number of hydrogen-bond donors (Lipinski definition) is 5. The van der Waals surface area contributed by atoms with Crippen LogP contribution in [0.1, 0.15) is 36.0 Å². The number of Topliss-reactive ketones (excluding diaryl/α,β-unsaturated/α-hetero) is 2. The molecule has 1 aromatic rings. The van der Waals surface area contributed by atoms with E-state index in [1.807, 2.05) is 6.07 Å². The lowest BCUT2D eigenvalue weighted by molar-refractivity contribution is -0.123. The van der Waals surface area contributed by atoms with Gasteiger partial charge in [-0.05, 0) is 50.6 Å². The van der Waals surface area contributed by atoms with Crippen molar-refractivity contribution in [3.63, 3.8) is 0 Å². The topological polar surface area (TPSA) is 185 Å². The minimum Gasteiger partial charge on any atom is -0.510 e. The molecular formula is C24H27N3O7. The number of primary amides is 1. The van der Waals surface area contributed by atoms with Crippen LogP contribution in [-0.4, -0.2) is 69.5 Å². The Balaban J connectivity index is 2.25. The van der Waals surface area contributed by atoms with Gasteiger partial charge in [-0.3, -0.25) is 19.3 Å². The number of carbonyl (C=O) groups is 3. The summed E-state index contributed by atoms with van der Waals surface area (Å²) in [6, 6.07) is 3.70. The van der Waals surface area contributed by atoms with Crippen LogP contribution < -0.4 is 5.73 Å². The fourth-order valence-electron chi connectivity index (χ4n) is 5.05. The van der Waals surface area contributed by atoms with Crippen LogP contribution in [0.3, 0.4) is 0 Å². The molecule has 3 rings (SSSR count). The molecule has 2 aliphatic rings. The normalized spacial score (nSPS) is 25.9. The van der Waals surface area contributed by atoms with Crippen LogP contribution in [-0.2, 0) is 20.8 Å². The highest BCUT2D eigenvalue weighted by molar-refractivity contribution is 6.20. The summed E-state index contributed by atoms with van der Waals surface area (Å²) in [5.74, 6) is -5.38. The van der Waals surface area contributed by atoms with Gasteiger partial charge in [-0.1, -0.05) is 0 Å². The molecule has 10 heteroatoms. The Kier molecular flexibility index (Phi) is 7.09. The second-order valence-electron chi connectivity index (χ2n) is 8.82. The van der Waals surface area contributed by atoms with Crippen LogP contribution in [0.2, 0.25) is 0 Å². The Hall–Kier alpha value is -3.68. The van der Waals surface area contributed by atoms with E-state index < -0.39 is 65.5 Å². The summed E-state index contributed by atoms with van der Waals surface area (Å²) in [5.41, 5.74) is 5.30. The van der Waals surface area contributed by atoms with Crippen molar-refractivity contribution in [3.05, 3.63) is 45.7 Å². The average molecular weight is 469 g/mol. The number of nitrogens with two attached hydrogens (primary N) is 1. The monoisotopic (exact) mass is 469 g/mol. The zero-order valence-corrected chi connectivity index (χ0v) is 18.9. The standard InChI is InChI=1S/C24H27N3O7/c1-27(2)21-13(10-28)7-12-8-14-11(9-25)3-4-16(30)19(14)22(32)18(12)15(29)5-6-17(31)20(23(21)33)24(26)34/h3-4,12-13,21,28,30,32-33H,5-8,10H2,1-2H3,(H2,26,34)/b23-20-/t12-,13-,21-/m1/s1. The number of hydrogen-bond acceptors (Lipinski definition) is 9. The van der Waals surface area contributed by atoms with E-state index in [4.69, 9.17) is 5.73 Å². The predicted molar refractivity (Wildman–Crippen MR) is 120 cm³/mol. The number of carbonyl (C=O) groups excluding carboxylic acids is 3. The summed E-state index contributed by atoms with van der Waals surface area (Å²) >= 11 is 0. The highest BCUT2D eigenvalue weighted by atomic mass is 16.3. The van der Waals surface area contributed by atoms with Gasteiger partial charge in [-0.2, -0.15) is 5.26 Å². The maximum Gasteiger partial charge on any atom is 0.255 e. The van der Waals surface area contributed by atoms with Gasteiger partial charge in [0, 0.05) is 30.9 Å². The van der Waals surface area contributed by atoms with E-state index in [0.717, 1.165) is 0 Å². The largest absolute Gasteiger partial charge is 0.510 e. The third-order valence-corrected chi connectivity index (χ3v) is 6.53. The predicted octanol–water partition coefficient (Wildman–Crippen LogP) is 0.863. The summed E-state index contributed by atoms with van der Waals surface area (Å²) in [5, 5.41) is 52.1. The molecule has 0 bridgehead atoms. The third kappa shape index (κ3) is 4.27. The number of nitrogens with zero attached hydrogens (tertiary/aromatic N) is 2. The first-order valence-corrected chi connectivity index (χ1v) is 10.8. The van der Waals surface area contributed by atoms with Crippen molar-refractivity contribution in [1.29, 1.82) is 5.26 Å². The van der Waals surface area contributed by atoms with Gasteiger partial charge in [0.25, 0.3) is 5.91 Å². The molecule has 0 unspecified atom stereocenters. The summed E-state index contributed by atoms with van der Waals surface area (Å²) in [6.45, 7) is -0.482. The lowest BCUT2D eigenvalue weighted by atomic mass is 9.73. The Labute approximate surface area is 196 Å². The molecule has 0 aromatic heterocycles. The van der Waals surface area contributed by atoms with Crippen LogP contribution in [0, 0.1) is 23.2 Å². The number of allylic oxidation sites excluding steroid dienone is 1. The zero-order chi connectivity index (χ0) is 25.3. The second kappa shape index (κ2) is 9.67. The summed E-state index contributed by atoms with van der Waals surface area (Å²) in [6.07, 6.45) is -0.640. The third-order valence-electron chi connectivity index (χ3n) is 6.53. The van der Waals surface area contributed by atoms with Gasteiger partial charge < -0.3 is 26.2 Å². The number of amides is 1. The SMILES string of the molecule is CN(C)[C@H]1/C(O)=C(/C(N)=O)C(=O)CCC(=O)C2=C(O)c3c(O)ccc(C#N)c3C[C@H]2C[C@@H]1CO. The molecule has 1 aromatic carbocycles. The van der Waals surface area contributed by atoms with Gasteiger partial charge in [0.15, 0.2) is 11.6 Å².